The van der Waals surface area contributed by atoms with Gasteiger partial charge in [-0.05, 0) is 18.2 Å². The Bertz CT molecular complexity index is 987. The zero-order valence-electron chi connectivity index (χ0n) is 17.0. The van der Waals surface area contributed by atoms with Gasteiger partial charge < -0.3 is 20.1 Å². The summed E-state index contributed by atoms with van der Waals surface area (Å²) < 4.78 is 35.1. The maximum atomic E-state index is 12.7. The van der Waals surface area contributed by atoms with E-state index in [1.54, 1.807) is 30.5 Å². The molecule has 166 valence electrons. The third-order valence-electron chi connectivity index (χ3n) is 4.16. The molecule has 2 aromatic carbocycles. The highest BCUT2D eigenvalue weighted by Crippen LogP contribution is 2.26. The molecule has 0 saturated heterocycles. The number of guanidine groups is 1. The summed E-state index contributed by atoms with van der Waals surface area (Å²) in [6.07, 6.45) is 0. The first-order chi connectivity index (χ1) is 14.6. The van der Waals surface area contributed by atoms with Crippen LogP contribution in [0.25, 0.3) is 10.6 Å². The van der Waals surface area contributed by atoms with Crippen molar-refractivity contribution in [2.45, 2.75) is 19.7 Å². The van der Waals surface area contributed by atoms with Crippen LogP contribution in [0, 0.1) is 0 Å². The minimum Gasteiger partial charge on any atom is -0.497 e. The first-order valence-electron chi connectivity index (χ1n) is 9.15. The maximum absolute atomic E-state index is 12.7. The van der Waals surface area contributed by atoms with Gasteiger partial charge in [0.05, 0.1) is 19.3 Å². The van der Waals surface area contributed by atoms with Gasteiger partial charge in [-0.3, -0.25) is 4.99 Å². The van der Waals surface area contributed by atoms with Gasteiger partial charge in [0.15, 0.2) is 5.96 Å². The Morgan fingerprint density at radius 3 is 2.55 bits per heavy atom. The average molecular weight is 560 g/mol. The lowest BCUT2D eigenvalue weighted by molar-refractivity contribution is -0.0504. The quantitative estimate of drug-likeness (QED) is 0.233. The van der Waals surface area contributed by atoms with E-state index in [1.807, 2.05) is 35.7 Å². The predicted molar refractivity (Wildman–Crippen MR) is 130 cm³/mol. The van der Waals surface area contributed by atoms with Crippen molar-refractivity contribution in [3.63, 3.8) is 0 Å². The summed E-state index contributed by atoms with van der Waals surface area (Å²) in [6, 6.07) is 14.6. The molecule has 31 heavy (non-hydrogen) atoms. The van der Waals surface area contributed by atoms with Crippen molar-refractivity contribution in [3.05, 3.63) is 65.2 Å². The molecule has 0 spiro atoms. The van der Waals surface area contributed by atoms with Crippen molar-refractivity contribution in [1.29, 1.82) is 0 Å². The summed E-state index contributed by atoms with van der Waals surface area (Å²) >= 11 is 1.57. The van der Waals surface area contributed by atoms with Crippen LogP contribution in [0.1, 0.15) is 11.3 Å². The predicted octanol–water partition coefficient (Wildman–Crippen LogP) is 4.90. The van der Waals surface area contributed by atoms with E-state index in [1.165, 1.54) is 13.2 Å². The number of hydrogen-bond donors (Lipinski definition) is 2. The number of nitrogens with one attached hydrogen (secondary N) is 2. The van der Waals surface area contributed by atoms with Crippen LogP contribution < -0.4 is 20.1 Å². The number of hydrogen-bond acceptors (Lipinski definition) is 5. The number of aliphatic imine (C=N–C) groups is 1. The Labute approximate surface area is 200 Å². The van der Waals surface area contributed by atoms with Crippen molar-refractivity contribution in [1.82, 2.24) is 15.6 Å². The Balaban J connectivity index is 0.00000341. The van der Waals surface area contributed by atoms with Gasteiger partial charge in [-0.25, -0.2) is 4.98 Å². The summed E-state index contributed by atoms with van der Waals surface area (Å²) in [5.74, 6) is 1.14. The van der Waals surface area contributed by atoms with Crippen LogP contribution in [0.2, 0.25) is 0 Å². The SMILES string of the molecule is CN=C(NCc1csc(-c2ccccc2)n1)NCc1cc(OC)ccc1OC(F)F.I. The molecule has 0 radical (unpaired) electrons. The minimum absolute atomic E-state index is 0. The largest absolute Gasteiger partial charge is 0.497 e. The van der Waals surface area contributed by atoms with E-state index < -0.39 is 6.61 Å². The highest BCUT2D eigenvalue weighted by atomic mass is 127. The molecule has 0 atom stereocenters. The number of benzene rings is 2. The van der Waals surface area contributed by atoms with Gasteiger partial charge in [0, 0.05) is 30.1 Å². The first-order valence-corrected chi connectivity index (χ1v) is 10.0. The Morgan fingerprint density at radius 2 is 1.87 bits per heavy atom. The molecule has 3 aromatic rings. The second-order valence-electron chi connectivity index (χ2n) is 6.14. The van der Waals surface area contributed by atoms with Gasteiger partial charge >= 0.3 is 6.61 Å². The van der Waals surface area contributed by atoms with E-state index in [9.17, 15) is 8.78 Å². The van der Waals surface area contributed by atoms with Gasteiger partial charge in [-0.2, -0.15) is 8.78 Å². The molecule has 0 aliphatic rings. The lowest BCUT2D eigenvalue weighted by atomic mass is 10.2. The van der Waals surface area contributed by atoms with E-state index in [2.05, 4.69) is 25.3 Å². The standard InChI is InChI=1S/C21H22F2N4O2S.HI/c1-24-21(25-11-15-10-17(28-2)8-9-18(15)29-20(22)23)26-12-16-13-30-19(27-16)14-6-4-3-5-7-14;/h3-10,13,20H,11-12H2,1-2H3,(H2,24,25,26);1H. The fraction of sp³-hybridized carbons (Fsp3) is 0.238. The number of thiazole rings is 1. The highest BCUT2D eigenvalue weighted by Gasteiger charge is 2.12. The zero-order chi connectivity index (χ0) is 21.3. The van der Waals surface area contributed by atoms with Crippen molar-refractivity contribution in [2.75, 3.05) is 14.2 Å². The van der Waals surface area contributed by atoms with E-state index in [0.717, 1.165) is 16.3 Å². The molecular weight excluding hydrogens is 537 g/mol. The summed E-state index contributed by atoms with van der Waals surface area (Å²) in [7, 11) is 3.14. The third-order valence-corrected chi connectivity index (χ3v) is 5.10. The number of halogens is 3. The Hall–Kier alpha value is -2.47. The second kappa shape index (κ2) is 12.4. The second-order valence-corrected chi connectivity index (χ2v) is 7.00. The maximum Gasteiger partial charge on any atom is 0.387 e. The van der Waals surface area contributed by atoms with Gasteiger partial charge in [0.25, 0.3) is 0 Å². The zero-order valence-corrected chi connectivity index (χ0v) is 20.1. The molecule has 0 bridgehead atoms. The molecule has 0 saturated carbocycles. The Kier molecular flexibility index (Phi) is 9.92. The lowest BCUT2D eigenvalue weighted by Crippen LogP contribution is -2.36. The van der Waals surface area contributed by atoms with Crippen LogP contribution in [-0.4, -0.2) is 31.7 Å². The molecule has 0 aliphatic heterocycles. The number of alkyl halides is 2. The summed E-state index contributed by atoms with van der Waals surface area (Å²) in [6.45, 7) is -2.20. The minimum atomic E-state index is -2.90. The molecule has 0 unspecified atom stereocenters. The van der Waals surface area contributed by atoms with Crippen molar-refractivity contribution < 1.29 is 18.3 Å². The van der Waals surface area contributed by atoms with E-state index in [4.69, 9.17) is 4.74 Å². The van der Waals surface area contributed by atoms with Gasteiger partial charge in [-0.15, -0.1) is 35.3 Å². The molecule has 2 N–H and O–H groups in total. The number of methoxy groups -OCH3 is 1. The van der Waals surface area contributed by atoms with Crippen molar-refractivity contribution in [3.8, 4) is 22.1 Å². The molecule has 6 nitrogen and oxygen atoms in total. The fourth-order valence-corrected chi connectivity index (χ4v) is 3.53. The van der Waals surface area contributed by atoms with Gasteiger partial charge in [-0.1, -0.05) is 30.3 Å². The third kappa shape index (κ3) is 7.31. The topological polar surface area (TPSA) is 67.8 Å². The number of aromatic nitrogens is 1. The van der Waals surface area contributed by atoms with Crippen LogP contribution in [0.3, 0.4) is 0 Å². The number of rotatable bonds is 8. The van der Waals surface area contributed by atoms with E-state index >= 15 is 0 Å². The Morgan fingerprint density at radius 1 is 1.13 bits per heavy atom. The van der Waals surface area contributed by atoms with Gasteiger partial charge in [0.2, 0.25) is 0 Å². The summed E-state index contributed by atoms with van der Waals surface area (Å²) in [5, 5.41) is 9.20. The van der Waals surface area contributed by atoms with Crippen LogP contribution in [0.15, 0.2) is 58.9 Å². The first kappa shape index (κ1) is 24.8. The van der Waals surface area contributed by atoms with Gasteiger partial charge in [0.1, 0.15) is 16.5 Å². The van der Waals surface area contributed by atoms with Crippen molar-refractivity contribution in [2.24, 2.45) is 4.99 Å². The highest BCUT2D eigenvalue weighted by molar-refractivity contribution is 14.0. The van der Waals surface area contributed by atoms with E-state index in [-0.39, 0.29) is 36.3 Å². The van der Waals surface area contributed by atoms with E-state index in [0.29, 0.717) is 23.8 Å². The molecule has 1 aromatic heterocycles. The van der Waals surface area contributed by atoms with Crippen LogP contribution in [0.5, 0.6) is 11.5 Å². The molecular formula is C21H23F2IN4O2S. The molecule has 10 heteroatoms. The summed E-state index contributed by atoms with van der Waals surface area (Å²) in [4.78, 5) is 8.79. The molecule has 3 rings (SSSR count). The van der Waals surface area contributed by atoms with Crippen molar-refractivity contribution >= 4 is 41.3 Å². The molecule has 0 fully saturated rings. The number of ether oxygens (including phenoxy) is 2. The molecule has 0 amide bonds. The monoisotopic (exact) mass is 560 g/mol. The van der Waals surface area contributed by atoms with Crippen LogP contribution in [0.4, 0.5) is 8.78 Å². The fourth-order valence-electron chi connectivity index (χ4n) is 2.71. The molecule has 0 aliphatic carbocycles. The normalized spacial score (nSPS) is 11.1. The smallest absolute Gasteiger partial charge is 0.387 e. The summed E-state index contributed by atoms with van der Waals surface area (Å²) in [5.41, 5.74) is 2.48. The lowest BCUT2D eigenvalue weighted by Gasteiger charge is -2.15. The van der Waals surface area contributed by atoms with Crippen LogP contribution in [-0.2, 0) is 13.1 Å². The average Bonchev–Trinajstić information content (AvgIpc) is 3.24. The van der Waals surface area contributed by atoms with Crippen LogP contribution >= 0.6 is 35.3 Å². The number of nitrogens with zero attached hydrogens (tertiary/aromatic N) is 2. The molecule has 1 heterocycles.